The summed E-state index contributed by atoms with van der Waals surface area (Å²) in [5.74, 6) is -1.62. The molecule has 1 aliphatic rings. The van der Waals surface area contributed by atoms with Crippen molar-refractivity contribution in [3.63, 3.8) is 0 Å². The summed E-state index contributed by atoms with van der Waals surface area (Å²) >= 11 is 1.53. The summed E-state index contributed by atoms with van der Waals surface area (Å²) < 4.78 is 9.58. The average Bonchev–Trinajstić information content (AvgIpc) is 3.01. The van der Waals surface area contributed by atoms with Gasteiger partial charge in [0.25, 0.3) is 0 Å². The van der Waals surface area contributed by atoms with E-state index in [-0.39, 0.29) is 5.91 Å². The maximum atomic E-state index is 12.6. The summed E-state index contributed by atoms with van der Waals surface area (Å²) in [4.78, 5) is 18.8. The van der Waals surface area contributed by atoms with Gasteiger partial charge in [-0.3, -0.25) is 4.79 Å². The van der Waals surface area contributed by atoms with Crippen LogP contribution in [-0.4, -0.2) is 10.9 Å². The fourth-order valence-electron chi connectivity index (χ4n) is 2.75. The van der Waals surface area contributed by atoms with Crippen LogP contribution in [0.5, 0.6) is 0 Å². The Balaban J connectivity index is 1.84. The summed E-state index contributed by atoms with van der Waals surface area (Å²) in [5, 5.41) is 0.768. The van der Waals surface area contributed by atoms with E-state index < -0.39 is 11.9 Å². The van der Waals surface area contributed by atoms with Crippen molar-refractivity contribution in [2.24, 2.45) is 5.89 Å². The molecule has 0 aliphatic carbocycles. The highest BCUT2D eigenvalue weighted by Gasteiger charge is 2.48. The topological polar surface area (TPSA) is 33.2 Å². The second kappa shape index (κ2) is 5.07. The molecule has 1 aromatic heterocycles. The lowest BCUT2D eigenvalue weighted by atomic mass is 9.87. The molecule has 1 amide bonds. The fourth-order valence-corrected chi connectivity index (χ4v) is 3.83. The first kappa shape index (κ1) is 12.1. The van der Waals surface area contributed by atoms with Gasteiger partial charge in [0.05, 0.1) is 16.1 Å². The largest absolute Gasteiger partial charge is 0.301 e. The Morgan fingerprint density at radius 1 is 1.18 bits per heavy atom. The average molecular weight is 307 g/mol. The maximum absolute atomic E-state index is 12.6. The number of para-hydroxylation sites is 2. The Bertz CT molecular complexity index is 875. The van der Waals surface area contributed by atoms with Crippen LogP contribution >= 0.6 is 11.3 Å². The van der Waals surface area contributed by atoms with Crippen LogP contribution in [0, 0.1) is 5.89 Å². The predicted octanol–water partition coefficient (Wildman–Crippen LogP) is 4.19. The van der Waals surface area contributed by atoms with Crippen molar-refractivity contribution in [3.05, 3.63) is 72.3 Å². The predicted molar refractivity (Wildman–Crippen MR) is 90.0 cm³/mol. The van der Waals surface area contributed by atoms with E-state index in [2.05, 4.69) is 11.6 Å². The van der Waals surface area contributed by atoms with Crippen LogP contribution in [0.1, 0.15) is 12.4 Å². The first-order valence-electron chi connectivity index (χ1n) is 7.53. The molecule has 3 aromatic rings. The number of carbonyl (C=O) groups is 1. The smallest absolute Gasteiger partial charge is 0.237 e. The van der Waals surface area contributed by atoms with Gasteiger partial charge < -0.3 is 4.90 Å². The van der Waals surface area contributed by atoms with Crippen LogP contribution in [0.2, 0.25) is 0 Å². The summed E-state index contributed by atoms with van der Waals surface area (Å²) in [6.07, 6.45) is 1.42. The van der Waals surface area contributed by atoms with Crippen molar-refractivity contribution >= 4 is 33.1 Å². The maximum Gasteiger partial charge on any atom is 0.237 e. The van der Waals surface area contributed by atoms with Gasteiger partial charge in [-0.1, -0.05) is 36.4 Å². The van der Waals surface area contributed by atoms with Gasteiger partial charge in [-0.2, -0.15) is 0 Å². The highest BCUT2D eigenvalue weighted by molar-refractivity contribution is 7.18. The Labute approximate surface area is 133 Å². The first-order valence-corrected chi connectivity index (χ1v) is 7.84. The molecule has 2 atom stereocenters. The fraction of sp³-hybridized carbons (Fsp3) is 0.111. The van der Waals surface area contributed by atoms with Gasteiger partial charge in [-0.05, 0) is 24.3 Å². The molecule has 0 unspecified atom stereocenters. The van der Waals surface area contributed by atoms with E-state index in [0.29, 0.717) is 0 Å². The number of amides is 1. The minimum Gasteiger partial charge on any atom is -0.301 e. The second-order valence-electron chi connectivity index (χ2n) is 5.09. The molecule has 2 heterocycles. The Kier molecular flexibility index (Phi) is 2.79. The highest BCUT2D eigenvalue weighted by atomic mass is 32.1. The summed E-state index contributed by atoms with van der Waals surface area (Å²) in [6, 6.07) is 16.8. The lowest BCUT2D eigenvalue weighted by Crippen LogP contribution is -2.54. The molecule has 3 nitrogen and oxygen atoms in total. The standard InChI is InChI=1S/C18H14N2OS/c1-2-13-16(17-19-14-10-6-7-11-15(14)22-17)20(18(13)21)12-8-4-3-5-9-12/h2-11,13,16H,1H2/t13-,16-/m1/s1/i13D. The number of carbonyl (C=O) groups excluding carboxylic acids is 1. The van der Waals surface area contributed by atoms with E-state index in [1.165, 1.54) is 17.4 Å². The van der Waals surface area contributed by atoms with Crippen LogP contribution < -0.4 is 4.90 Å². The lowest BCUT2D eigenvalue weighted by molar-refractivity contribution is -0.128. The zero-order chi connectivity index (χ0) is 16.0. The van der Waals surface area contributed by atoms with Crippen molar-refractivity contribution in [2.45, 2.75) is 6.04 Å². The van der Waals surface area contributed by atoms with Crippen LogP contribution in [0.4, 0.5) is 5.69 Å². The number of benzene rings is 2. The van der Waals surface area contributed by atoms with Crippen LogP contribution in [0.15, 0.2) is 67.3 Å². The second-order valence-corrected chi connectivity index (χ2v) is 6.15. The molecule has 0 saturated carbocycles. The highest BCUT2D eigenvalue weighted by Crippen LogP contribution is 2.45. The van der Waals surface area contributed by atoms with Crippen LogP contribution in [0.25, 0.3) is 10.2 Å². The molecule has 0 spiro atoms. The van der Waals surface area contributed by atoms with Gasteiger partial charge in [0.15, 0.2) is 0 Å². The Morgan fingerprint density at radius 2 is 1.91 bits per heavy atom. The van der Waals surface area contributed by atoms with Crippen molar-refractivity contribution in [2.75, 3.05) is 4.90 Å². The SMILES string of the molecule is [2H][C@]1(C=C)C(=O)N(c2ccccc2)[C@H]1c1nc2ccccc2s1. The quantitative estimate of drug-likeness (QED) is 0.537. The summed E-state index contributed by atoms with van der Waals surface area (Å²) in [6.45, 7) is 3.70. The number of hydrogen-bond donors (Lipinski definition) is 0. The zero-order valence-corrected chi connectivity index (χ0v) is 12.6. The third-order valence-electron chi connectivity index (χ3n) is 3.82. The first-order chi connectivity index (χ1) is 11.1. The van der Waals surface area contributed by atoms with E-state index in [0.717, 1.165) is 20.9 Å². The minimum atomic E-state index is -1.36. The van der Waals surface area contributed by atoms with Gasteiger partial charge in [0, 0.05) is 7.06 Å². The van der Waals surface area contributed by atoms with Crippen molar-refractivity contribution < 1.29 is 6.17 Å². The van der Waals surface area contributed by atoms with Gasteiger partial charge in [0.1, 0.15) is 11.0 Å². The van der Waals surface area contributed by atoms with Crippen molar-refractivity contribution in [1.29, 1.82) is 0 Å². The molecule has 4 rings (SSSR count). The van der Waals surface area contributed by atoms with E-state index in [9.17, 15) is 4.79 Å². The minimum absolute atomic E-state index is 0.261. The number of rotatable bonds is 3. The van der Waals surface area contributed by atoms with E-state index in [4.69, 9.17) is 1.37 Å². The molecule has 1 fully saturated rings. The van der Waals surface area contributed by atoms with Crippen molar-refractivity contribution in [3.8, 4) is 0 Å². The number of thiazole rings is 1. The normalized spacial score (nSPS) is 24.9. The molecule has 22 heavy (non-hydrogen) atoms. The number of fused-ring (bicyclic) bond motifs is 1. The number of anilines is 1. The monoisotopic (exact) mass is 307 g/mol. The van der Waals surface area contributed by atoms with Crippen molar-refractivity contribution in [1.82, 2.24) is 4.98 Å². The summed E-state index contributed by atoms with van der Waals surface area (Å²) in [5.41, 5.74) is 1.68. The van der Waals surface area contributed by atoms with Crippen LogP contribution in [0.3, 0.4) is 0 Å². The molecule has 0 radical (unpaired) electrons. The molecule has 108 valence electrons. The van der Waals surface area contributed by atoms with E-state index in [1.54, 1.807) is 4.90 Å². The number of β-lactam (4-membered cyclic amide) rings is 1. The molecule has 0 N–H and O–H groups in total. The Morgan fingerprint density at radius 3 is 2.64 bits per heavy atom. The van der Waals surface area contributed by atoms with Gasteiger partial charge in [-0.15, -0.1) is 17.9 Å². The molecular formula is C18H14N2OS. The summed E-state index contributed by atoms with van der Waals surface area (Å²) in [7, 11) is 0. The third kappa shape index (κ3) is 1.88. The van der Waals surface area contributed by atoms with E-state index in [1.807, 2.05) is 54.6 Å². The van der Waals surface area contributed by atoms with Gasteiger partial charge in [-0.25, -0.2) is 4.98 Å². The third-order valence-corrected chi connectivity index (χ3v) is 4.91. The molecule has 1 aliphatic heterocycles. The number of nitrogens with zero attached hydrogens (tertiary/aromatic N) is 2. The molecule has 1 saturated heterocycles. The zero-order valence-electron chi connectivity index (χ0n) is 12.8. The molecule has 2 aromatic carbocycles. The number of aromatic nitrogens is 1. The van der Waals surface area contributed by atoms with Crippen LogP contribution in [-0.2, 0) is 4.79 Å². The number of hydrogen-bond acceptors (Lipinski definition) is 3. The molecule has 4 heteroatoms. The lowest BCUT2D eigenvalue weighted by Gasteiger charge is -2.44. The van der Waals surface area contributed by atoms with Gasteiger partial charge >= 0.3 is 0 Å². The molecular weight excluding hydrogens is 292 g/mol. The van der Waals surface area contributed by atoms with Gasteiger partial charge in [0.2, 0.25) is 5.91 Å². The van der Waals surface area contributed by atoms with E-state index >= 15 is 0 Å². The molecule has 0 bridgehead atoms. The Hall–Kier alpha value is -2.46.